The number of benzene rings is 1. The van der Waals surface area contributed by atoms with Gasteiger partial charge in [-0.3, -0.25) is 0 Å². The Morgan fingerprint density at radius 1 is 1.43 bits per heavy atom. The number of nitrogens with one attached hydrogen (secondary N) is 1. The Labute approximate surface area is 89.2 Å². The Bertz CT molecular complexity index is 490. The van der Waals surface area contributed by atoms with E-state index in [1.165, 1.54) is 7.11 Å². The van der Waals surface area contributed by atoms with Crippen LogP contribution in [-0.2, 0) is 4.74 Å². The van der Waals surface area contributed by atoms with Crippen molar-refractivity contribution in [3.8, 4) is 0 Å². The van der Waals surface area contributed by atoms with Gasteiger partial charge in [0.05, 0.1) is 18.2 Å². The molecule has 4 heteroatoms. The number of hydrogen-bond acceptors (Lipinski definition) is 2. The van der Waals surface area contributed by atoms with E-state index in [1.54, 1.807) is 12.3 Å². The minimum Gasteiger partial charge on any atom is -0.465 e. The SMILES string of the molecule is COC(=O)c1ccc(Br)c2[nH]ccc12. The van der Waals surface area contributed by atoms with E-state index >= 15 is 0 Å². The molecule has 0 saturated carbocycles. The van der Waals surface area contributed by atoms with Crippen molar-refractivity contribution in [1.82, 2.24) is 4.98 Å². The molecule has 0 aliphatic carbocycles. The molecule has 0 radical (unpaired) electrons. The molecule has 0 amide bonds. The molecule has 1 heterocycles. The Morgan fingerprint density at radius 2 is 2.21 bits per heavy atom. The molecule has 72 valence electrons. The number of fused-ring (bicyclic) bond motifs is 1. The monoisotopic (exact) mass is 253 g/mol. The zero-order valence-electron chi connectivity index (χ0n) is 7.50. The highest BCUT2D eigenvalue weighted by Crippen LogP contribution is 2.25. The summed E-state index contributed by atoms with van der Waals surface area (Å²) in [6.07, 6.45) is 1.79. The summed E-state index contributed by atoms with van der Waals surface area (Å²) in [5.41, 5.74) is 1.49. The van der Waals surface area contributed by atoms with Crippen LogP contribution in [0.5, 0.6) is 0 Å². The van der Waals surface area contributed by atoms with Gasteiger partial charge >= 0.3 is 5.97 Å². The van der Waals surface area contributed by atoms with E-state index in [2.05, 4.69) is 25.7 Å². The maximum absolute atomic E-state index is 11.4. The summed E-state index contributed by atoms with van der Waals surface area (Å²) in [6.45, 7) is 0. The van der Waals surface area contributed by atoms with Crippen LogP contribution in [0.1, 0.15) is 10.4 Å². The predicted octanol–water partition coefficient (Wildman–Crippen LogP) is 2.72. The van der Waals surface area contributed by atoms with Gasteiger partial charge in [0.2, 0.25) is 0 Å². The second kappa shape index (κ2) is 3.46. The number of methoxy groups -OCH3 is 1. The van der Waals surface area contributed by atoms with E-state index in [-0.39, 0.29) is 5.97 Å². The molecule has 0 spiro atoms. The van der Waals surface area contributed by atoms with Gasteiger partial charge in [-0.2, -0.15) is 0 Å². The van der Waals surface area contributed by atoms with Crippen LogP contribution < -0.4 is 0 Å². The molecule has 14 heavy (non-hydrogen) atoms. The van der Waals surface area contributed by atoms with Crippen molar-refractivity contribution in [2.45, 2.75) is 0 Å². The quantitative estimate of drug-likeness (QED) is 0.795. The van der Waals surface area contributed by atoms with Crippen molar-refractivity contribution in [1.29, 1.82) is 0 Å². The van der Waals surface area contributed by atoms with Crippen molar-refractivity contribution in [3.05, 3.63) is 34.4 Å². The van der Waals surface area contributed by atoms with Gasteiger partial charge in [0.1, 0.15) is 0 Å². The lowest BCUT2D eigenvalue weighted by Gasteiger charge is -2.01. The number of aromatic nitrogens is 1. The van der Waals surface area contributed by atoms with Gasteiger partial charge in [-0.05, 0) is 34.1 Å². The van der Waals surface area contributed by atoms with Crippen molar-refractivity contribution in [3.63, 3.8) is 0 Å². The third-order valence-electron chi connectivity index (χ3n) is 2.08. The van der Waals surface area contributed by atoms with Gasteiger partial charge in [-0.1, -0.05) is 0 Å². The molecule has 0 saturated heterocycles. The molecule has 1 N–H and O–H groups in total. The summed E-state index contributed by atoms with van der Waals surface area (Å²) in [6, 6.07) is 5.42. The normalized spacial score (nSPS) is 10.4. The van der Waals surface area contributed by atoms with Gasteiger partial charge in [0, 0.05) is 16.1 Å². The van der Waals surface area contributed by atoms with Gasteiger partial charge in [-0.15, -0.1) is 0 Å². The number of aromatic amines is 1. The van der Waals surface area contributed by atoms with E-state index in [1.807, 2.05) is 12.1 Å². The van der Waals surface area contributed by atoms with Crippen LogP contribution in [0.15, 0.2) is 28.9 Å². The van der Waals surface area contributed by atoms with E-state index in [0.29, 0.717) is 5.56 Å². The highest BCUT2D eigenvalue weighted by molar-refractivity contribution is 9.10. The molecule has 0 bridgehead atoms. The minimum atomic E-state index is -0.317. The predicted molar refractivity (Wildman–Crippen MR) is 57.3 cm³/mol. The molecule has 0 aliphatic heterocycles. The zero-order valence-corrected chi connectivity index (χ0v) is 9.09. The Kier molecular flexibility index (Phi) is 2.29. The van der Waals surface area contributed by atoms with Crippen LogP contribution in [0.4, 0.5) is 0 Å². The third-order valence-corrected chi connectivity index (χ3v) is 2.74. The molecule has 1 aromatic heterocycles. The summed E-state index contributed by atoms with van der Waals surface area (Å²) in [7, 11) is 1.38. The first-order chi connectivity index (χ1) is 6.74. The van der Waals surface area contributed by atoms with Gasteiger partial charge in [0.15, 0.2) is 0 Å². The number of rotatable bonds is 1. The Morgan fingerprint density at radius 3 is 2.93 bits per heavy atom. The van der Waals surface area contributed by atoms with Gasteiger partial charge in [0.25, 0.3) is 0 Å². The fourth-order valence-corrected chi connectivity index (χ4v) is 1.87. The van der Waals surface area contributed by atoms with Crippen molar-refractivity contribution in [2.75, 3.05) is 7.11 Å². The number of ether oxygens (including phenoxy) is 1. The van der Waals surface area contributed by atoms with Crippen molar-refractivity contribution < 1.29 is 9.53 Å². The minimum absolute atomic E-state index is 0.317. The summed E-state index contributed by atoms with van der Waals surface area (Å²) in [4.78, 5) is 14.4. The Balaban J connectivity index is 2.72. The first kappa shape index (κ1) is 9.27. The lowest BCUT2D eigenvalue weighted by molar-refractivity contribution is 0.0603. The molecule has 0 unspecified atom stereocenters. The van der Waals surface area contributed by atoms with E-state index in [0.717, 1.165) is 15.4 Å². The molecule has 0 fully saturated rings. The maximum Gasteiger partial charge on any atom is 0.338 e. The lowest BCUT2D eigenvalue weighted by Crippen LogP contribution is -2.01. The standard InChI is InChI=1S/C10H8BrNO2/c1-14-10(13)7-2-3-8(11)9-6(7)4-5-12-9/h2-5,12H,1H3. The number of halogens is 1. The van der Waals surface area contributed by atoms with Crippen LogP contribution in [0.25, 0.3) is 10.9 Å². The highest BCUT2D eigenvalue weighted by atomic mass is 79.9. The number of carbonyl (C=O) groups excluding carboxylic acids is 1. The molecule has 0 atom stereocenters. The number of hydrogen-bond donors (Lipinski definition) is 1. The van der Waals surface area contributed by atoms with Crippen LogP contribution in [0.3, 0.4) is 0 Å². The van der Waals surface area contributed by atoms with Crippen LogP contribution in [0.2, 0.25) is 0 Å². The summed E-state index contributed by atoms with van der Waals surface area (Å²) in [5, 5.41) is 0.867. The van der Waals surface area contributed by atoms with Gasteiger partial charge in [-0.25, -0.2) is 4.79 Å². The first-order valence-electron chi connectivity index (χ1n) is 4.08. The lowest BCUT2D eigenvalue weighted by atomic mass is 10.1. The molecule has 0 aliphatic rings. The number of carbonyl (C=O) groups is 1. The molecule has 2 rings (SSSR count). The van der Waals surface area contributed by atoms with E-state index in [4.69, 9.17) is 0 Å². The zero-order chi connectivity index (χ0) is 10.1. The maximum atomic E-state index is 11.4. The summed E-state index contributed by atoms with van der Waals surface area (Å²) < 4.78 is 5.62. The largest absolute Gasteiger partial charge is 0.465 e. The molecular weight excluding hydrogens is 246 g/mol. The summed E-state index contributed by atoms with van der Waals surface area (Å²) in [5.74, 6) is -0.317. The third kappa shape index (κ3) is 1.32. The van der Waals surface area contributed by atoms with E-state index < -0.39 is 0 Å². The highest BCUT2D eigenvalue weighted by Gasteiger charge is 2.11. The van der Waals surface area contributed by atoms with E-state index in [9.17, 15) is 4.79 Å². The van der Waals surface area contributed by atoms with Crippen molar-refractivity contribution in [2.24, 2.45) is 0 Å². The smallest absolute Gasteiger partial charge is 0.338 e. The second-order valence-corrected chi connectivity index (χ2v) is 3.71. The van der Waals surface area contributed by atoms with Gasteiger partial charge < -0.3 is 9.72 Å². The number of esters is 1. The number of H-pyrrole nitrogens is 1. The fraction of sp³-hybridized carbons (Fsp3) is 0.100. The van der Waals surface area contributed by atoms with Crippen LogP contribution >= 0.6 is 15.9 Å². The first-order valence-corrected chi connectivity index (χ1v) is 4.87. The average molecular weight is 254 g/mol. The van der Waals surface area contributed by atoms with Crippen LogP contribution in [0, 0.1) is 0 Å². The summed E-state index contributed by atoms with van der Waals surface area (Å²) >= 11 is 3.40. The average Bonchev–Trinajstić information content (AvgIpc) is 2.67. The molecule has 1 aromatic carbocycles. The van der Waals surface area contributed by atoms with Crippen molar-refractivity contribution >= 4 is 32.8 Å². The molecular formula is C10H8BrNO2. The Hall–Kier alpha value is -1.29. The second-order valence-electron chi connectivity index (χ2n) is 2.85. The molecule has 2 aromatic rings. The molecule has 3 nitrogen and oxygen atoms in total. The fourth-order valence-electron chi connectivity index (χ4n) is 1.41. The topological polar surface area (TPSA) is 42.1 Å². The van der Waals surface area contributed by atoms with Crippen LogP contribution in [-0.4, -0.2) is 18.1 Å².